The van der Waals surface area contributed by atoms with Crippen LogP contribution in [0.15, 0.2) is 6.07 Å². The van der Waals surface area contributed by atoms with Crippen LogP contribution in [0.2, 0.25) is 5.02 Å². The predicted octanol–water partition coefficient (Wildman–Crippen LogP) is 3.54. The third kappa shape index (κ3) is 2.73. The molecular weight excluding hydrogens is 250 g/mol. The van der Waals surface area contributed by atoms with Gasteiger partial charge in [-0.3, -0.25) is 0 Å². The molecule has 0 saturated carbocycles. The summed E-state index contributed by atoms with van der Waals surface area (Å²) in [5, 5.41) is 0.564. The van der Waals surface area contributed by atoms with Gasteiger partial charge in [0, 0.05) is 5.56 Å². The SMILES string of the molecule is COc1c(Cl)cc(C(C)CN)c(C(C)C)c1OC. The Kier molecular flexibility index (Phi) is 5.29. The smallest absolute Gasteiger partial charge is 0.179 e. The van der Waals surface area contributed by atoms with E-state index in [2.05, 4.69) is 20.8 Å². The van der Waals surface area contributed by atoms with E-state index in [4.69, 9.17) is 26.8 Å². The highest BCUT2D eigenvalue weighted by Crippen LogP contribution is 2.45. The number of benzene rings is 1. The van der Waals surface area contributed by atoms with Crippen molar-refractivity contribution in [2.24, 2.45) is 5.73 Å². The van der Waals surface area contributed by atoms with Crippen LogP contribution in [0.4, 0.5) is 0 Å². The van der Waals surface area contributed by atoms with Gasteiger partial charge in [-0.2, -0.15) is 0 Å². The largest absolute Gasteiger partial charge is 0.492 e. The maximum absolute atomic E-state index is 6.25. The van der Waals surface area contributed by atoms with E-state index in [1.54, 1.807) is 14.2 Å². The first-order chi connectivity index (χ1) is 8.47. The second kappa shape index (κ2) is 6.30. The molecule has 0 radical (unpaired) electrons. The third-order valence-corrected chi connectivity index (χ3v) is 3.41. The summed E-state index contributed by atoms with van der Waals surface area (Å²) in [5.74, 6) is 1.86. The van der Waals surface area contributed by atoms with Crippen LogP contribution in [0, 0.1) is 0 Å². The van der Waals surface area contributed by atoms with Gasteiger partial charge in [-0.25, -0.2) is 0 Å². The van der Waals surface area contributed by atoms with E-state index >= 15 is 0 Å². The second-order valence-corrected chi connectivity index (χ2v) is 5.13. The van der Waals surface area contributed by atoms with Crippen molar-refractivity contribution in [2.45, 2.75) is 32.6 Å². The van der Waals surface area contributed by atoms with Crippen molar-refractivity contribution < 1.29 is 9.47 Å². The highest BCUT2D eigenvalue weighted by Gasteiger charge is 2.23. The van der Waals surface area contributed by atoms with Crippen molar-refractivity contribution in [3.63, 3.8) is 0 Å². The number of ether oxygens (including phenoxy) is 2. The van der Waals surface area contributed by atoms with E-state index in [-0.39, 0.29) is 5.92 Å². The Morgan fingerprint density at radius 1 is 1.17 bits per heavy atom. The highest BCUT2D eigenvalue weighted by atomic mass is 35.5. The minimum atomic E-state index is 0.236. The van der Waals surface area contributed by atoms with E-state index in [0.29, 0.717) is 23.2 Å². The van der Waals surface area contributed by atoms with Crippen LogP contribution < -0.4 is 15.2 Å². The topological polar surface area (TPSA) is 44.5 Å². The summed E-state index contributed by atoms with van der Waals surface area (Å²) in [6, 6.07) is 1.94. The Morgan fingerprint density at radius 3 is 2.11 bits per heavy atom. The van der Waals surface area contributed by atoms with Crippen LogP contribution in [-0.2, 0) is 0 Å². The summed E-state index contributed by atoms with van der Waals surface area (Å²) < 4.78 is 10.8. The van der Waals surface area contributed by atoms with Gasteiger partial charge in [0.25, 0.3) is 0 Å². The third-order valence-electron chi connectivity index (χ3n) is 3.13. The first-order valence-electron chi connectivity index (χ1n) is 6.12. The molecule has 1 rings (SSSR count). The molecule has 1 aromatic carbocycles. The highest BCUT2D eigenvalue weighted by molar-refractivity contribution is 6.32. The molecule has 1 unspecified atom stereocenters. The van der Waals surface area contributed by atoms with Gasteiger partial charge >= 0.3 is 0 Å². The summed E-state index contributed by atoms with van der Waals surface area (Å²) >= 11 is 6.25. The maximum Gasteiger partial charge on any atom is 0.179 e. The average Bonchev–Trinajstić information content (AvgIpc) is 2.35. The fourth-order valence-electron chi connectivity index (χ4n) is 2.16. The van der Waals surface area contributed by atoms with Crippen molar-refractivity contribution in [3.8, 4) is 11.5 Å². The Hall–Kier alpha value is -0.930. The first kappa shape index (κ1) is 15.1. The monoisotopic (exact) mass is 271 g/mol. The van der Waals surface area contributed by atoms with E-state index in [0.717, 1.165) is 16.9 Å². The molecule has 0 fully saturated rings. The van der Waals surface area contributed by atoms with Gasteiger partial charge in [-0.15, -0.1) is 0 Å². The Balaban J connectivity index is 3.57. The van der Waals surface area contributed by atoms with Gasteiger partial charge in [0.15, 0.2) is 11.5 Å². The Morgan fingerprint density at radius 2 is 1.72 bits per heavy atom. The molecule has 0 aliphatic rings. The predicted molar refractivity (Wildman–Crippen MR) is 76.1 cm³/mol. The molecule has 102 valence electrons. The maximum atomic E-state index is 6.25. The van der Waals surface area contributed by atoms with Crippen molar-refractivity contribution in [1.29, 1.82) is 0 Å². The summed E-state index contributed by atoms with van der Waals surface area (Å²) in [6.45, 7) is 6.91. The molecule has 0 aliphatic carbocycles. The molecule has 1 aromatic rings. The van der Waals surface area contributed by atoms with Gasteiger partial charge in [0.05, 0.1) is 19.2 Å². The van der Waals surface area contributed by atoms with Crippen molar-refractivity contribution in [2.75, 3.05) is 20.8 Å². The lowest BCUT2D eigenvalue weighted by molar-refractivity contribution is 0.349. The molecule has 0 aromatic heterocycles. The molecule has 0 bridgehead atoms. The number of methoxy groups -OCH3 is 2. The van der Waals surface area contributed by atoms with Crippen LogP contribution in [-0.4, -0.2) is 20.8 Å². The van der Waals surface area contributed by atoms with Gasteiger partial charge < -0.3 is 15.2 Å². The van der Waals surface area contributed by atoms with Crippen LogP contribution in [0.3, 0.4) is 0 Å². The molecule has 2 N–H and O–H groups in total. The van der Waals surface area contributed by atoms with Crippen LogP contribution >= 0.6 is 11.6 Å². The van der Waals surface area contributed by atoms with Crippen molar-refractivity contribution in [1.82, 2.24) is 0 Å². The molecule has 18 heavy (non-hydrogen) atoms. The number of nitrogens with two attached hydrogens (primary N) is 1. The van der Waals surface area contributed by atoms with Gasteiger partial charge in [-0.05, 0) is 30.0 Å². The number of hydrogen-bond donors (Lipinski definition) is 1. The summed E-state index contributed by atoms with van der Waals surface area (Å²) in [7, 11) is 3.23. The molecule has 4 heteroatoms. The molecule has 0 heterocycles. The first-order valence-corrected chi connectivity index (χ1v) is 6.49. The van der Waals surface area contributed by atoms with Crippen LogP contribution in [0.5, 0.6) is 11.5 Å². The summed E-state index contributed by atoms with van der Waals surface area (Å²) in [6.07, 6.45) is 0. The lowest BCUT2D eigenvalue weighted by Crippen LogP contribution is -2.13. The van der Waals surface area contributed by atoms with Gasteiger partial charge in [0.2, 0.25) is 0 Å². The minimum absolute atomic E-state index is 0.236. The van der Waals surface area contributed by atoms with E-state index in [9.17, 15) is 0 Å². The fraction of sp³-hybridized carbons (Fsp3) is 0.571. The quantitative estimate of drug-likeness (QED) is 0.891. The number of rotatable bonds is 5. The molecule has 0 amide bonds. The van der Waals surface area contributed by atoms with E-state index in [1.807, 2.05) is 6.07 Å². The molecule has 0 aliphatic heterocycles. The minimum Gasteiger partial charge on any atom is -0.492 e. The number of hydrogen-bond acceptors (Lipinski definition) is 3. The fourth-order valence-corrected chi connectivity index (χ4v) is 2.45. The second-order valence-electron chi connectivity index (χ2n) is 4.72. The molecular formula is C14H22ClNO2. The average molecular weight is 272 g/mol. The van der Waals surface area contributed by atoms with Crippen LogP contribution in [0.25, 0.3) is 0 Å². The van der Waals surface area contributed by atoms with Gasteiger partial charge in [-0.1, -0.05) is 32.4 Å². The van der Waals surface area contributed by atoms with E-state index < -0.39 is 0 Å². The zero-order valence-corrected chi connectivity index (χ0v) is 12.5. The van der Waals surface area contributed by atoms with Crippen LogP contribution in [0.1, 0.15) is 43.7 Å². The lowest BCUT2D eigenvalue weighted by Gasteiger charge is -2.23. The lowest BCUT2D eigenvalue weighted by atomic mass is 9.88. The molecule has 3 nitrogen and oxygen atoms in total. The van der Waals surface area contributed by atoms with Gasteiger partial charge in [0.1, 0.15) is 0 Å². The Labute approximate surface area is 114 Å². The molecule has 1 atom stereocenters. The zero-order valence-electron chi connectivity index (χ0n) is 11.7. The Bertz CT molecular complexity index is 419. The summed E-state index contributed by atoms with van der Waals surface area (Å²) in [5.41, 5.74) is 8.03. The standard InChI is InChI=1S/C14H22ClNO2/c1-8(2)12-10(9(3)7-16)6-11(15)13(17-4)14(12)18-5/h6,8-9H,7,16H2,1-5H3. The van der Waals surface area contributed by atoms with E-state index in [1.165, 1.54) is 0 Å². The van der Waals surface area contributed by atoms with Crippen molar-refractivity contribution >= 4 is 11.6 Å². The summed E-state index contributed by atoms with van der Waals surface area (Å²) in [4.78, 5) is 0. The zero-order chi connectivity index (χ0) is 13.9. The molecule has 0 saturated heterocycles. The molecule has 0 spiro atoms. The number of halogens is 1. The normalized spacial score (nSPS) is 12.7. The van der Waals surface area contributed by atoms with Crippen molar-refractivity contribution in [3.05, 3.63) is 22.2 Å².